The Kier molecular flexibility index (Phi) is 5.69. The van der Waals surface area contributed by atoms with Gasteiger partial charge in [-0.1, -0.05) is 0 Å². The number of aliphatic imine (C=N–C) groups is 1. The second kappa shape index (κ2) is 8.97. The van der Waals surface area contributed by atoms with Crippen LogP contribution in [0.25, 0.3) is 5.65 Å². The molecule has 3 aromatic heterocycles. The number of hydrogen-bond donors (Lipinski definition) is 1. The normalized spacial score (nSPS) is 13.8. The summed E-state index contributed by atoms with van der Waals surface area (Å²) in [5.41, 5.74) is 9.60. The average Bonchev–Trinajstić information content (AvgIpc) is 3.32. The van der Waals surface area contributed by atoms with E-state index < -0.39 is 19.1 Å². The molecule has 4 heterocycles. The molecule has 0 unspecified atom stereocenters. The van der Waals surface area contributed by atoms with Crippen molar-refractivity contribution in [2.45, 2.75) is 13.0 Å². The highest BCUT2D eigenvalue weighted by molar-refractivity contribution is 6.10. The maximum absolute atomic E-state index is 13.8. The topological polar surface area (TPSA) is 114 Å². The number of nitrogen functional groups attached to an aromatic ring is 1. The van der Waals surface area contributed by atoms with Gasteiger partial charge in [-0.2, -0.15) is 10.1 Å². The van der Waals surface area contributed by atoms with Crippen molar-refractivity contribution in [2.24, 2.45) is 4.99 Å². The molecule has 12 heteroatoms. The SMILES string of the molecule is CN=Cc1cc(N2Cc3ccc(OCC(F)F)nc3N(c3ccc4ncnn4c3)C2=O)ccc1N. The minimum atomic E-state index is -2.65. The van der Waals surface area contributed by atoms with Crippen LogP contribution in [0.4, 0.5) is 36.5 Å². The number of alkyl halides is 2. The summed E-state index contributed by atoms with van der Waals surface area (Å²) in [5, 5.41) is 4.14. The van der Waals surface area contributed by atoms with Gasteiger partial charge >= 0.3 is 6.03 Å². The monoisotopic (exact) mass is 478 g/mol. The number of anilines is 4. The highest BCUT2D eigenvalue weighted by Gasteiger charge is 2.34. The van der Waals surface area contributed by atoms with Gasteiger partial charge in [-0.15, -0.1) is 0 Å². The van der Waals surface area contributed by atoms with Crippen molar-refractivity contribution >= 4 is 40.8 Å². The van der Waals surface area contributed by atoms with E-state index in [0.717, 1.165) is 0 Å². The third kappa shape index (κ3) is 4.21. The minimum Gasteiger partial charge on any atom is -0.472 e. The van der Waals surface area contributed by atoms with Gasteiger partial charge in [-0.05, 0) is 36.4 Å². The first-order valence-corrected chi connectivity index (χ1v) is 10.6. The van der Waals surface area contributed by atoms with Crippen LogP contribution in [0.5, 0.6) is 5.88 Å². The molecule has 2 amide bonds. The lowest BCUT2D eigenvalue weighted by atomic mass is 10.1. The van der Waals surface area contributed by atoms with Gasteiger partial charge in [0, 0.05) is 41.8 Å². The number of fused-ring (bicyclic) bond motifs is 2. The van der Waals surface area contributed by atoms with E-state index in [9.17, 15) is 13.6 Å². The second-order valence-electron chi connectivity index (χ2n) is 7.69. The van der Waals surface area contributed by atoms with Gasteiger partial charge in [-0.25, -0.2) is 28.0 Å². The third-order valence-corrected chi connectivity index (χ3v) is 5.42. The number of hydrogen-bond acceptors (Lipinski definition) is 7. The Labute approximate surface area is 198 Å². The number of nitrogens with zero attached hydrogens (tertiary/aromatic N) is 7. The summed E-state index contributed by atoms with van der Waals surface area (Å²) in [6.45, 7) is -0.602. The number of ether oxygens (including phenoxy) is 1. The van der Waals surface area contributed by atoms with Gasteiger partial charge in [0.2, 0.25) is 5.88 Å². The number of rotatable bonds is 6. The number of urea groups is 1. The maximum Gasteiger partial charge on any atom is 0.335 e. The molecule has 1 aromatic carbocycles. The quantitative estimate of drug-likeness (QED) is 0.334. The van der Waals surface area contributed by atoms with Crippen LogP contribution >= 0.6 is 0 Å². The van der Waals surface area contributed by atoms with Crippen LogP contribution in [0.3, 0.4) is 0 Å². The zero-order chi connectivity index (χ0) is 24.5. The largest absolute Gasteiger partial charge is 0.472 e. The predicted molar refractivity (Wildman–Crippen MR) is 127 cm³/mol. The van der Waals surface area contributed by atoms with Crippen molar-refractivity contribution in [3.05, 3.63) is 66.1 Å². The molecule has 5 rings (SSSR count). The van der Waals surface area contributed by atoms with Crippen molar-refractivity contribution in [2.75, 3.05) is 29.2 Å². The van der Waals surface area contributed by atoms with E-state index in [2.05, 4.69) is 20.1 Å². The highest BCUT2D eigenvalue weighted by atomic mass is 19.3. The number of pyridine rings is 2. The molecule has 0 fully saturated rings. The molecular formula is C23H20F2N8O2. The smallest absolute Gasteiger partial charge is 0.335 e. The molecule has 4 aromatic rings. The van der Waals surface area contributed by atoms with Crippen molar-refractivity contribution in [3.8, 4) is 5.88 Å². The van der Waals surface area contributed by atoms with Crippen LogP contribution in [-0.2, 0) is 6.54 Å². The van der Waals surface area contributed by atoms with Crippen LogP contribution in [0.15, 0.2) is 60.0 Å². The predicted octanol–water partition coefficient (Wildman–Crippen LogP) is 3.68. The van der Waals surface area contributed by atoms with E-state index in [4.69, 9.17) is 10.5 Å². The standard InChI is InChI=1S/C23H20F2N8O2/c1-27-9-15-8-16(3-5-18(15)26)31-10-14-2-7-21(35-12-19(24)25)30-22(14)33(23(31)34)17-4-6-20-28-13-29-32(20)11-17/h2-9,11,13,19H,10,12,26H2,1H3. The first kappa shape index (κ1) is 22.2. The summed E-state index contributed by atoms with van der Waals surface area (Å²) < 4.78 is 32.0. The van der Waals surface area contributed by atoms with E-state index in [1.807, 2.05) is 0 Å². The minimum absolute atomic E-state index is 0.00828. The number of nitrogens with two attached hydrogens (primary N) is 1. The van der Waals surface area contributed by atoms with Crippen molar-refractivity contribution in [1.82, 2.24) is 19.6 Å². The summed E-state index contributed by atoms with van der Waals surface area (Å²) in [6.07, 6.45) is 2.00. The average molecular weight is 478 g/mol. The first-order valence-electron chi connectivity index (χ1n) is 10.6. The summed E-state index contributed by atoms with van der Waals surface area (Å²) in [7, 11) is 1.63. The number of halogens is 2. The molecule has 35 heavy (non-hydrogen) atoms. The summed E-state index contributed by atoms with van der Waals surface area (Å²) >= 11 is 0. The van der Waals surface area contributed by atoms with E-state index in [1.165, 1.54) is 21.8 Å². The van der Waals surface area contributed by atoms with E-state index in [0.29, 0.717) is 33.8 Å². The molecule has 2 N–H and O–H groups in total. The van der Waals surface area contributed by atoms with Crippen molar-refractivity contribution < 1.29 is 18.3 Å². The molecule has 0 atom stereocenters. The molecule has 1 aliphatic heterocycles. The lowest BCUT2D eigenvalue weighted by molar-refractivity contribution is 0.0796. The number of benzene rings is 1. The fraction of sp³-hybridized carbons (Fsp3) is 0.174. The zero-order valence-corrected chi connectivity index (χ0v) is 18.5. The molecule has 0 radical (unpaired) electrons. The molecule has 0 saturated heterocycles. The summed E-state index contributed by atoms with van der Waals surface area (Å²) in [4.78, 5) is 29.3. The van der Waals surface area contributed by atoms with Gasteiger partial charge in [-0.3, -0.25) is 9.89 Å². The molecule has 0 aliphatic carbocycles. The lowest BCUT2D eigenvalue weighted by Crippen LogP contribution is -2.45. The molecule has 0 saturated carbocycles. The second-order valence-corrected chi connectivity index (χ2v) is 7.69. The van der Waals surface area contributed by atoms with Crippen LogP contribution in [0, 0.1) is 0 Å². The molecular weight excluding hydrogens is 458 g/mol. The Bertz CT molecular complexity index is 1440. The number of amides is 2. The zero-order valence-electron chi connectivity index (χ0n) is 18.5. The molecule has 0 spiro atoms. The fourth-order valence-corrected chi connectivity index (χ4v) is 3.81. The van der Waals surface area contributed by atoms with Crippen LogP contribution in [0.1, 0.15) is 11.1 Å². The van der Waals surface area contributed by atoms with Gasteiger partial charge in [0.1, 0.15) is 12.1 Å². The number of aromatic nitrogens is 4. The Morgan fingerprint density at radius 2 is 2.03 bits per heavy atom. The molecule has 1 aliphatic rings. The Morgan fingerprint density at radius 1 is 1.20 bits per heavy atom. The van der Waals surface area contributed by atoms with E-state index in [-0.39, 0.29) is 18.2 Å². The third-order valence-electron chi connectivity index (χ3n) is 5.42. The van der Waals surface area contributed by atoms with Gasteiger partial charge < -0.3 is 10.5 Å². The van der Waals surface area contributed by atoms with Gasteiger partial charge in [0.05, 0.1) is 18.4 Å². The summed E-state index contributed by atoms with van der Waals surface area (Å²) in [6, 6.07) is 11.5. The van der Waals surface area contributed by atoms with Crippen molar-refractivity contribution in [1.29, 1.82) is 0 Å². The number of carbonyl (C=O) groups excluding carboxylic acids is 1. The van der Waals surface area contributed by atoms with Crippen molar-refractivity contribution in [3.63, 3.8) is 0 Å². The fourth-order valence-electron chi connectivity index (χ4n) is 3.81. The lowest BCUT2D eigenvalue weighted by Gasteiger charge is -2.36. The van der Waals surface area contributed by atoms with Crippen LogP contribution in [0.2, 0.25) is 0 Å². The first-order chi connectivity index (χ1) is 16.9. The van der Waals surface area contributed by atoms with Gasteiger partial charge in [0.15, 0.2) is 12.3 Å². The number of carbonyl (C=O) groups is 1. The Hall–Kier alpha value is -4.61. The van der Waals surface area contributed by atoms with Crippen LogP contribution in [-0.4, -0.2) is 51.9 Å². The maximum atomic E-state index is 13.8. The van der Waals surface area contributed by atoms with E-state index in [1.54, 1.807) is 60.8 Å². The van der Waals surface area contributed by atoms with E-state index >= 15 is 0 Å². The molecule has 10 nitrogen and oxygen atoms in total. The molecule has 178 valence electrons. The van der Waals surface area contributed by atoms with Gasteiger partial charge in [0.25, 0.3) is 6.43 Å². The summed E-state index contributed by atoms with van der Waals surface area (Å²) in [5.74, 6) is 0.273. The Morgan fingerprint density at radius 3 is 2.83 bits per heavy atom. The highest BCUT2D eigenvalue weighted by Crippen LogP contribution is 2.37. The van der Waals surface area contributed by atoms with Crippen LogP contribution < -0.4 is 20.3 Å². The molecule has 0 bridgehead atoms. The Balaban J connectivity index is 1.62.